The predicted molar refractivity (Wildman–Crippen MR) is 91.1 cm³/mol. The Bertz CT molecular complexity index is 793. The highest BCUT2D eigenvalue weighted by Gasteiger charge is 2.36. The Balaban J connectivity index is 1.79. The zero-order valence-corrected chi connectivity index (χ0v) is 14.5. The molecule has 0 fully saturated rings. The third-order valence-electron chi connectivity index (χ3n) is 3.85. The van der Waals surface area contributed by atoms with Crippen LogP contribution in [0.2, 0.25) is 0 Å². The second-order valence-corrected chi connectivity index (χ2v) is 5.61. The second-order valence-electron chi connectivity index (χ2n) is 5.61. The number of non-ortho nitro benzene ring substituents is 1. The topological polar surface area (TPSA) is 148 Å². The van der Waals surface area contributed by atoms with Gasteiger partial charge in [-0.15, -0.1) is 0 Å². The zero-order chi connectivity index (χ0) is 20.0. The van der Waals surface area contributed by atoms with E-state index >= 15 is 0 Å². The fraction of sp³-hybridized carbons (Fsp3) is 0.375. The average Bonchev–Trinajstić information content (AvgIpc) is 2.89. The molecule has 1 aliphatic rings. The number of nitro benzene ring substituents is 1. The fourth-order valence-electron chi connectivity index (χ4n) is 2.48. The molecule has 0 spiro atoms. The molecule has 0 unspecified atom stereocenters. The third-order valence-corrected chi connectivity index (χ3v) is 3.85. The van der Waals surface area contributed by atoms with Gasteiger partial charge in [-0.3, -0.25) is 29.4 Å². The van der Waals surface area contributed by atoms with Crippen LogP contribution in [0.5, 0.6) is 0 Å². The maximum atomic E-state index is 12.3. The largest absolute Gasteiger partial charge is 0.469 e. The lowest BCUT2D eigenvalue weighted by Crippen LogP contribution is -2.39. The van der Waals surface area contributed by atoms with Crippen molar-refractivity contribution < 1.29 is 28.8 Å². The molecule has 0 aliphatic carbocycles. The number of methoxy groups -OCH3 is 1. The lowest BCUT2D eigenvalue weighted by Gasteiger charge is -2.14. The van der Waals surface area contributed by atoms with Gasteiger partial charge in [-0.05, 0) is 12.5 Å². The molecule has 2 rings (SSSR count). The van der Waals surface area contributed by atoms with E-state index in [4.69, 9.17) is 0 Å². The van der Waals surface area contributed by atoms with Gasteiger partial charge in [-0.25, -0.2) is 4.79 Å². The quantitative estimate of drug-likeness (QED) is 0.219. The summed E-state index contributed by atoms with van der Waals surface area (Å²) in [6.45, 7) is 0.371. The normalized spacial score (nSPS) is 12.6. The van der Waals surface area contributed by atoms with E-state index in [1.54, 1.807) is 0 Å². The predicted octanol–water partition coefficient (Wildman–Crippen LogP) is 0.443. The summed E-state index contributed by atoms with van der Waals surface area (Å²) in [5, 5.41) is 15.8. The molecule has 1 aromatic carbocycles. The fourth-order valence-corrected chi connectivity index (χ4v) is 2.48. The Labute approximate surface area is 153 Å². The highest BCUT2D eigenvalue weighted by Crippen LogP contribution is 2.26. The lowest BCUT2D eigenvalue weighted by molar-refractivity contribution is -0.384. The van der Waals surface area contributed by atoms with Gasteiger partial charge in [0.1, 0.15) is 0 Å². The van der Waals surface area contributed by atoms with Crippen LogP contribution in [0.3, 0.4) is 0 Å². The number of carbonyl (C=O) groups is 4. The molecule has 1 aromatic rings. The van der Waals surface area contributed by atoms with Crippen molar-refractivity contribution >= 4 is 29.5 Å². The number of nitrogens with zero attached hydrogens (tertiary/aromatic N) is 2. The van der Waals surface area contributed by atoms with Crippen molar-refractivity contribution in [2.24, 2.45) is 0 Å². The first kappa shape index (κ1) is 19.8. The van der Waals surface area contributed by atoms with Gasteiger partial charge in [-0.1, -0.05) is 0 Å². The molecule has 11 heteroatoms. The smallest absolute Gasteiger partial charge is 0.314 e. The number of esters is 1. The highest BCUT2D eigenvalue weighted by molar-refractivity contribution is 6.21. The average molecular weight is 378 g/mol. The Morgan fingerprint density at radius 3 is 2.48 bits per heavy atom. The Kier molecular flexibility index (Phi) is 6.41. The van der Waals surface area contributed by atoms with E-state index in [2.05, 4.69) is 15.4 Å². The molecule has 1 aliphatic heterocycles. The number of fused-ring (bicyclic) bond motifs is 1. The van der Waals surface area contributed by atoms with Gasteiger partial charge in [0.05, 0.1) is 29.6 Å². The summed E-state index contributed by atoms with van der Waals surface area (Å²) in [5.41, 5.74) is -0.135. The van der Waals surface area contributed by atoms with Crippen LogP contribution in [0, 0.1) is 10.1 Å². The molecule has 4 amide bonds. The van der Waals surface area contributed by atoms with Crippen molar-refractivity contribution in [2.75, 3.05) is 26.7 Å². The molecular formula is C16H18N4O7. The second kappa shape index (κ2) is 8.74. The van der Waals surface area contributed by atoms with Crippen LogP contribution in [-0.2, 0) is 9.53 Å². The first-order valence-corrected chi connectivity index (χ1v) is 8.08. The van der Waals surface area contributed by atoms with E-state index in [9.17, 15) is 29.3 Å². The Morgan fingerprint density at radius 2 is 1.81 bits per heavy atom. The number of rotatable bonds is 8. The maximum absolute atomic E-state index is 12.3. The van der Waals surface area contributed by atoms with E-state index in [1.165, 1.54) is 19.2 Å². The van der Waals surface area contributed by atoms with Gasteiger partial charge in [-0.2, -0.15) is 0 Å². The van der Waals surface area contributed by atoms with Crippen molar-refractivity contribution in [3.05, 3.63) is 39.4 Å². The van der Waals surface area contributed by atoms with Crippen LogP contribution < -0.4 is 10.6 Å². The van der Waals surface area contributed by atoms with Gasteiger partial charge in [0.2, 0.25) is 0 Å². The van der Waals surface area contributed by atoms with E-state index in [1.807, 2.05) is 0 Å². The number of carbonyl (C=O) groups excluding carboxylic acids is 4. The number of hydrogen-bond donors (Lipinski definition) is 2. The van der Waals surface area contributed by atoms with Crippen molar-refractivity contribution in [3.63, 3.8) is 0 Å². The summed E-state index contributed by atoms with van der Waals surface area (Å²) >= 11 is 0. The number of benzene rings is 1. The molecule has 11 nitrogen and oxygen atoms in total. The standard InChI is InChI=1S/C16H18N4O7/c1-27-13(21)5-7-18-16(24)17-6-2-8-19-14(22)11-4-3-10(20(25)26)9-12(11)15(19)23/h3-4,9H,2,5-8H2,1H3,(H2,17,18,24). The molecule has 0 atom stereocenters. The van der Waals surface area contributed by atoms with Crippen molar-refractivity contribution in [1.82, 2.24) is 15.5 Å². The number of nitrogens with one attached hydrogen (secondary N) is 2. The molecule has 0 aromatic heterocycles. The van der Waals surface area contributed by atoms with Gasteiger partial charge in [0.25, 0.3) is 17.5 Å². The molecule has 0 saturated carbocycles. The zero-order valence-electron chi connectivity index (χ0n) is 14.5. The minimum atomic E-state index is -0.635. The van der Waals surface area contributed by atoms with Crippen molar-refractivity contribution in [3.8, 4) is 0 Å². The minimum absolute atomic E-state index is 0.00251. The van der Waals surface area contributed by atoms with E-state index in [0.29, 0.717) is 6.42 Å². The van der Waals surface area contributed by atoms with Gasteiger partial charge < -0.3 is 15.4 Å². The number of nitro groups is 1. The number of imide groups is 1. The minimum Gasteiger partial charge on any atom is -0.469 e. The summed E-state index contributed by atoms with van der Waals surface area (Å²) in [6, 6.07) is 3.04. The summed E-state index contributed by atoms with van der Waals surface area (Å²) in [7, 11) is 1.25. The van der Waals surface area contributed by atoms with Crippen LogP contribution in [0.15, 0.2) is 18.2 Å². The van der Waals surface area contributed by atoms with E-state index in [-0.39, 0.29) is 42.9 Å². The first-order chi connectivity index (χ1) is 12.8. The highest BCUT2D eigenvalue weighted by atomic mass is 16.6. The van der Waals surface area contributed by atoms with Crippen LogP contribution in [-0.4, -0.2) is 60.4 Å². The molecule has 2 N–H and O–H groups in total. The summed E-state index contributed by atoms with van der Waals surface area (Å²) < 4.78 is 4.44. The van der Waals surface area contributed by atoms with Crippen molar-refractivity contribution in [1.29, 1.82) is 0 Å². The molecular weight excluding hydrogens is 360 g/mol. The number of ether oxygens (including phenoxy) is 1. The SMILES string of the molecule is COC(=O)CCNC(=O)NCCCN1C(=O)c2ccc([N+](=O)[O-])cc2C1=O. The lowest BCUT2D eigenvalue weighted by atomic mass is 10.1. The van der Waals surface area contributed by atoms with Gasteiger partial charge in [0, 0.05) is 31.8 Å². The monoisotopic (exact) mass is 378 g/mol. The Hall–Kier alpha value is -3.50. The number of amides is 4. The van der Waals surface area contributed by atoms with Crippen LogP contribution >= 0.6 is 0 Å². The number of urea groups is 1. The molecule has 0 saturated heterocycles. The third kappa shape index (κ3) is 4.77. The number of hydrogen-bond acceptors (Lipinski definition) is 7. The molecule has 0 bridgehead atoms. The molecule has 144 valence electrons. The summed E-state index contributed by atoms with van der Waals surface area (Å²) in [4.78, 5) is 58.1. The van der Waals surface area contributed by atoms with Crippen LogP contribution in [0.4, 0.5) is 10.5 Å². The maximum Gasteiger partial charge on any atom is 0.314 e. The van der Waals surface area contributed by atoms with E-state index in [0.717, 1.165) is 11.0 Å². The summed E-state index contributed by atoms with van der Waals surface area (Å²) in [5.74, 6) is -1.56. The van der Waals surface area contributed by atoms with Crippen LogP contribution in [0.25, 0.3) is 0 Å². The molecule has 27 heavy (non-hydrogen) atoms. The van der Waals surface area contributed by atoms with E-state index < -0.39 is 28.7 Å². The first-order valence-electron chi connectivity index (χ1n) is 8.08. The van der Waals surface area contributed by atoms with Gasteiger partial charge >= 0.3 is 12.0 Å². The van der Waals surface area contributed by atoms with Crippen LogP contribution in [0.1, 0.15) is 33.6 Å². The Morgan fingerprint density at radius 1 is 1.15 bits per heavy atom. The molecule has 1 heterocycles. The van der Waals surface area contributed by atoms with Gasteiger partial charge in [0.15, 0.2) is 0 Å². The summed E-state index contributed by atoms with van der Waals surface area (Å²) in [6.07, 6.45) is 0.350. The molecule has 0 radical (unpaired) electrons. The van der Waals surface area contributed by atoms with Crippen molar-refractivity contribution in [2.45, 2.75) is 12.8 Å².